The molecule has 0 aromatic carbocycles. The maximum Gasteiger partial charge on any atom is 0.0820 e. The van der Waals surface area contributed by atoms with E-state index in [-0.39, 0.29) is 6.10 Å². The van der Waals surface area contributed by atoms with Crippen LogP contribution >= 0.6 is 0 Å². The minimum Gasteiger partial charge on any atom is -0.379 e. The molecule has 1 fully saturated rings. The van der Waals surface area contributed by atoms with Gasteiger partial charge in [-0.2, -0.15) is 0 Å². The zero-order valence-electron chi connectivity index (χ0n) is 9.05. The summed E-state index contributed by atoms with van der Waals surface area (Å²) in [6.07, 6.45) is 1.49. The van der Waals surface area contributed by atoms with Crippen molar-refractivity contribution in [2.24, 2.45) is 11.1 Å². The lowest BCUT2D eigenvalue weighted by molar-refractivity contribution is 0.0747. The molecule has 2 N–H and O–H groups in total. The molecule has 1 aliphatic heterocycles. The van der Waals surface area contributed by atoms with E-state index in [1.807, 2.05) is 0 Å². The van der Waals surface area contributed by atoms with E-state index in [9.17, 15) is 0 Å². The molecule has 0 amide bonds. The van der Waals surface area contributed by atoms with Gasteiger partial charge in [0.2, 0.25) is 0 Å². The monoisotopic (exact) mass is 186 g/mol. The molecule has 1 unspecified atom stereocenters. The zero-order chi connectivity index (χ0) is 9.90. The number of nitrogens with zero attached hydrogens (tertiary/aromatic N) is 1. The van der Waals surface area contributed by atoms with E-state index in [1.54, 1.807) is 7.11 Å². The Morgan fingerprint density at radius 1 is 1.54 bits per heavy atom. The van der Waals surface area contributed by atoms with Crippen LogP contribution < -0.4 is 5.73 Å². The molecule has 0 aromatic heterocycles. The second-order valence-corrected chi connectivity index (χ2v) is 4.74. The van der Waals surface area contributed by atoms with Crippen LogP contribution in [0.3, 0.4) is 0 Å². The van der Waals surface area contributed by atoms with Gasteiger partial charge in [-0.3, -0.25) is 0 Å². The van der Waals surface area contributed by atoms with Crippen LogP contribution in [-0.4, -0.2) is 44.3 Å². The van der Waals surface area contributed by atoms with Crippen LogP contribution in [0.15, 0.2) is 0 Å². The van der Waals surface area contributed by atoms with Crippen LogP contribution in [0.4, 0.5) is 0 Å². The van der Waals surface area contributed by atoms with E-state index in [2.05, 4.69) is 18.7 Å². The zero-order valence-corrected chi connectivity index (χ0v) is 9.05. The SMILES string of the molecule is COC(CN)CN1CCC(C)(C)C1. The van der Waals surface area contributed by atoms with Gasteiger partial charge in [0, 0.05) is 26.7 Å². The fraction of sp³-hybridized carbons (Fsp3) is 1.00. The molecule has 0 spiro atoms. The summed E-state index contributed by atoms with van der Waals surface area (Å²) >= 11 is 0. The van der Waals surface area contributed by atoms with Gasteiger partial charge in [0.1, 0.15) is 0 Å². The fourth-order valence-corrected chi connectivity index (χ4v) is 1.91. The first-order chi connectivity index (χ1) is 6.07. The lowest BCUT2D eigenvalue weighted by Gasteiger charge is -2.23. The van der Waals surface area contributed by atoms with E-state index >= 15 is 0 Å². The number of ether oxygens (including phenoxy) is 1. The molecular formula is C10H22N2O. The molecule has 0 aromatic rings. The van der Waals surface area contributed by atoms with E-state index < -0.39 is 0 Å². The Hall–Kier alpha value is -0.120. The third-order valence-corrected chi connectivity index (χ3v) is 2.81. The van der Waals surface area contributed by atoms with Crippen molar-refractivity contribution in [3.8, 4) is 0 Å². The first-order valence-corrected chi connectivity index (χ1v) is 5.02. The smallest absolute Gasteiger partial charge is 0.0820 e. The van der Waals surface area contributed by atoms with Gasteiger partial charge in [-0.25, -0.2) is 0 Å². The van der Waals surface area contributed by atoms with Crippen LogP contribution in [0.5, 0.6) is 0 Å². The molecule has 1 rings (SSSR count). The maximum absolute atomic E-state index is 5.58. The molecule has 3 nitrogen and oxygen atoms in total. The van der Waals surface area contributed by atoms with Crippen molar-refractivity contribution in [3.05, 3.63) is 0 Å². The van der Waals surface area contributed by atoms with Crippen LogP contribution in [0, 0.1) is 5.41 Å². The predicted molar refractivity (Wildman–Crippen MR) is 54.7 cm³/mol. The van der Waals surface area contributed by atoms with Gasteiger partial charge in [0.05, 0.1) is 6.10 Å². The molecule has 0 radical (unpaired) electrons. The Kier molecular flexibility index (Phi) is 3.71. The summed E-state index contributed by atoms with van der Waals surface area (Å²) < 4.78 is 5.26. The summed E-state index contributed by atoms with van der Waals surface area (Å²) in [5, 5.41) is 0. The van der Waals surface area contributed by atoms with Crippen molar-refractivity contribution in [3.63, 3.8) is 0 Å². The van der Waals surface area contributed by atoms with Crippen molar-refractivity contribution < 1.29 is 4.74 Å². The predicted octanol–water partition coefficient (Wildman–Crippen LogP) is 0.692. The Morgan fingerprint density at radius 2 is 2.23 bits per heavy atom. The lowest BCUT2D eigenvalue weighted by atomic mass is 9.93. The number of hydrogen-bond acceptors (Lipinski definition) is 3. The van der Waals surface area contributed by atoms with E-state index in [0.717, 1.165) is 6.54 Å². The van der Waals surface area contributed by atoms with Crippen molar-refractivity contribution >= 4 is 0 Å². The number of methoxy groups -OCH3 is 1. The van der Waals surface area contributed by atoms with E-state index in [0.29, 0.717) is 12.0 Å². The molecular weight excluding hydrogens is 164 g/mol. The Labute approximate surface area is 81.2 Å². The second kappa shape index (κ2) is 4.40. The van der Waals surface area contributed by atoms with Crippen molar-refractivity contribution in [1.82, 2.24) is 4.90 Å². The van der Waals surface area contributed by atoms with Crippen molar-refractivity contribution in [2.75, 3.05) is 33.3 Å². The third kappa shape index (κ3) is 3.25. The fourth-order valence-electron chi connectivity index (χ4n) is 1.91. The van der Waals surface area contributed by atoms with Gasteiger partial charge in [-0.05, 0) is 18.4 Å². The van der Waals surface area contributed by atoms with Gasteiger partial charge in [-0.15, -0.1) is 0 Å². The summed E-state index contributed by atoms with van der Waals surface area (Å²) in [6.45, 7) is 8.60. The highest BCUT2D eigenvalue weighted by Crippen LogP contribution is 2.28. The maximum atomic E-state index is 5.58. The summed E-state index contributed by atoms with van der Waals surface area (Å²) in [5.74, 6) is 0. The van der Waals surface area contributed by atoms with Crippen LogP contribution in [0.25, 0.3) is 0 Å². The molecule has 0 aliphatic carbocycles. The molecule has 13 heavy (non-hydrogen) atoms. The number of likely N-dealkylation sites (tertiary alicyclic amines) is 1. The summed E-state index contributed by atoms with van der Waals surface area (Å²) in [7, 11) is 1.73. The van der Waals surface area contributed by atoms with Gasteiger partial charge >= 0.3 is 0 Å². The normalized spacial score (nSPS) is 24.9. The van der Waals surface area contributed by atoms with E-state index in [4.69, 9.17) is 10.5 Å². The summed E-state index contributed by atoms with van der Waals surface area (Å²) in [4.78, 5) is 2.45. The highest BCUT2D eigenvalue weighted by atomic mass is 16.5. The molecule has 1 atom stereocenters. The largest absolute Gasteiger partial charge is 0.379 e. The lowest BCUT2D eigenvalue weighted by Crippen LogP contribution is -2.37. The molecule has 1 aliphatic rings. The van der Waals surface area contributed by atoms with Gasteiger partial charge in [0.15, 0.2) is 0 Å². The first-order valence-electron chi connectivity index (χ1n) is 5.02. The Balaban J connectivity index is 2.31. The summed E-state index contributed by atoms with van der Waals surface area (Å²) in [6, 6.07) is 0. The minimum atomic E-state index is 0.203. The van der Waals surface area contributed by atoms with Gasteiger partial charge in [0.25, 0.3) is 0 Å². The van der Waals surface area contributed by atoms with Gasteiger partial charge < -0.3 is 15.4 Å². The molecule has 0 saturated carbocycles. The Morgan fingerprint density at radius 3 is 2.62 bits per heavy atom. The molecule has 1 heterocycles. The Bertz CT molecular complexity index is 155. The summed E-state index contributed by atoms with van der Waals surface area (Å²) in [5.41, 5.74) is 6.06. The van der Waals surface area contributed by atoms with Gasteiger partial charge in [-0.1, -0.05) is 13.8 Å². The van der Waals surface area contributed by atoms with E-state index in [1.165, 1.54) is 19.5 Å². The minimum absolute atomic E-state index is 0.203. The number of rotatable bonds is 4. The highest BCUT2D eigenvalue weighted by Gasteiger charge is 2.29. The topological polar surface area (TPSA) is 38.5 Å². The average Bonchev–Trinajstić information content (AvgIpc) is 2.41. The number of nitrogens with two attached hydrogens (primary N) is 1. The highest BCUT2D eigenvalue weighted by molar-refractivity contribution is 4.83. The molecule has 3 heteroatoms. The number of hydrogen-bond donors (Lipinski definition) is 1. The molecule has 0 bridgehead atoms. The first kappa shape index (κ1) is 11.0. The quantitative estimate of drug-likeness (QED) is 0.702. The third-order valence-electron chi connectivity index (χ3n) is 2.81. The second-order valence-electron chi connectivity index (χ2n) is 4.74. The standard InChI is InChI=1S/C10H22N2O/c1-10(2)4-5-12(8-10)7-9(6-11)13-3/h9H,4-8,11H2,1-3H3. The van der Waals surface area contributed by atoms with Crippen LogP contribution in [0.1, 0.15) is 20.3 Å². The van der Waals surface area contributed by atoms with Crippen molar-refractivity contribution in [1.29, 1.82) is 0 Å². The average molecular weight is 186 g/mol. The molecule has 1 saturated heterocycles. The van der Waals surface area contributed by atoms with Crippen molar-refractivity contribution in [2.45, 2.75) is 26.4 Å². The van der Waals surface area contributed by atoms with Crippen LogP contribution in [-0.2, 0) is 4.74 Å². The molecule has 78 valence electrons. The van der Waals surface area contributed by atoms with Crippen LogP contribution in [0.2, 0.25) is 0 Å².